The molecule has 0 aliphatic heterocycles. The fourth-order valence-electron chi connectivity index (χ4n) is 2.32. The van der Waals surface area contributed by atoms with E-state index in [1.807, 2.05) is 13.0 Å². The lowest BCUT2D eigenvalue weighted by Gasteiger charge is -2.21. The van der Waals surface area contributed by atoms with Crippen LogP contribution in [-0.4, -0.2) is 13.2 Å². The van der Waals surface area contributed by atoms with Crippen molar-refractivity contribution in [1.29, 1.82) is 0 Å². The largest absolute Gasteiger partial charge is 0.494 e. The third kappa shape index (κ3) is 4.56. The summed E-state index contributed by atoms with van der Waals surface area (Å²) in [6.45, 7) is 5.93. The summed E-state index contributed by atoms with van der Waals surface area (Å²) in [7, 11) is 0. The molecular formula is C17H22BrNOS. The maximum atomic E-state index is 5.80. The molecule has 0 spiro atoms. The van der Waals surface area contributed by atoms with Gasteiger partial charge in [0.15, 0.2) is 0 Å². The molecule has 1 N–H and O–H groups in total. The minimum atomic E-state index is 0.280. The highest BCUT2D eigenvalue weighted by molar-refractivity contribution is 9.10. The van der Waals surface area contributed by atoms with Crippen LogP contribution in [0.5, 0.6) is 5.75 Å². The maximum Gasteiger partial charge on any atom is 0.124 e. The van der Waals surface area contributed by atoms with E-state index >= 15 is 0 Å². The highest BCUT2D eigenvalue weighted by atomic mass is 79.9. The summed E-state index contributed by atoms with van der Waals surface area (Å²) in [5.41, 5.74) is 1.24. The molecule has 114 valence electrons. The predicted octanol–water partition coefficient (Wildman–Crippen LogP) is 5.19. The molecule has 2 aromatic rings. The van der Waals surface area contributed by atoms with Gasteiger partial charge in [-0.15, -0.1) is 11.3 Å². The van der Waals surface area contributed by atoms with Crippen molar-refractivity contribution in [3.8, 4) is 5.75 Å². The number of benzene rings is 1. The molecule has 0 saturated heterocycles. The van der Waals surface area contributed by atoms with E-state index < -0.39 is 0 Å². The molecule has 0 amide bonds. The molecule has 0 aliphatic rings. The molecule has 1 aromatic heterocycles. The zero-order valence-electron chi connectivity index (χ0n) is 12.6. The Balaban J connectivity index is 2.25. The van der Waals surface area contributed by atoms with Gasteiger partial charge in [0.05, 0.1) is 6.61 Å². The van der Waals surface area contributed by atoms with Crippen molar-refractivity contribution < 1.29 is 4.74 Å². The van der Waals surface area contributed by atoms with Crippen LogP contribution in [-0.2, 0) is 6.42 Å². The lowest BCUT2D eigenvalue weighted by atomic mass is 10.0. The van der Waals surface area contributed by atoms with Crippen LogP contribution in [0.1, 0.15) is 36.8 Å². The highest BCUT2D eigenvalue weighted by Crippen LogP contribution is 2.32. The molecule has 1 atom stereocenters. The Morgan fingerprint density at radius 1 is 1.24 bits per heavy atom. The van der Waals surface area contributed by atoms with E-state index in [0.29, 0.717) is 6.61 Å². The normalized spacial score (nSPS) is 12.3. The Morgan fingerprint density at radius 3 is 2.71 bits per heavy atom. The van der Waals surface area contributed by atoms with Crippen molar-refractivity contribution in [2.75, 3.05) is 13.2 Å². The van der Waals surface area contributed by atoms with Crippen LogP contribution in [0.2, 0.25) is 0 Å². The highest BCUT2D eigenvalue weighted by Gasteiger charge is 2.17. The van der Waals surface area contributed by atoms with Crippen molar-refractivity contribution in [2.45, 2.75) is 32.7 Å². The molecule has 0 bridgehead atoms. The molecule has 4 heteroatoms. The Labute approximate surface area is 139 Å². The summed E-state index contributed by atoms with van der Waals surface area (Å²) >= 11 is 5.43. The number of rotatable bonds is 8. The van der Waals surface area contributed by atoms with E-state index in [0.717, 1.165) is 25.1 Å². The second kappa shape index (κ2) is 8.57. The van der Waals surface area contributed by atoms with Gasteiger partial charge in [0, 0.05) is 27.4 Å². The minimum Gasteiger partial charge on any atom is -0.494 e. The van der Waals surface area contributed by atoms with Crippen LogP contribution in [0.4, 0.5) is 0 Å². The third-order valence-corrected chi connectivity index (χ3v) is 5.26. The van der Waals surface area contributed by atoms with Gasteiger partial charge < -0.3 is 10.1 Å². The number of hydrogen-bond acceptors (Lipinski definition) is 3. The molecule has 0 fully saturated rings. The Kier molecular flexibility index (Phi) is 6.74. The predicted molar refractivity (Wildman–Crippen MR) is 94.4 cm³/mol. The average molecular weight is 368 g/mol. The first-order chi connectivity index (χ1) is 10.3. The molecule has 0 saturated carbocycles. The molecule has 21 heavy (non-hydrogen) atoms. The van der Waals surface area contributed by atoms with E-state index in [2.05, 4.69) is 57.8 Å². The average Bonchev–Trinajstić information content (AvgIpc) is 2.90. The molecule has 1 heterocycles. The monoisotopic (exact) mass is 367 g/mol. The van der Waals surface area contributed by atoms with Crippen LogP contribution in [0, 0.1) is 0 Å². The smallest absolute Gasteiger partial charge is 0.124 e. The second-order valence-electron chi connectivity index (χ2n) is 4.87. The minimum absolute atomic E-state index is 0.280. The zero-order valence-corrected chi connectivity index (χ0v) is 15.0. The molecule has 2 nitrogen and oxygen atoms in total. The van der Waals surface area contributed by atoms with Gasteiger partial charge in [0.1, 0.15) is 5.75 Å². The number of nitrogens with one attached hydrogen (secondary N) is 1. The van der Waals surface area contributed by atoms with Crippen LogP contribution in [0.25, 0.3) is 0 Å². The lowest BCUT2D eigenvalue weighted by molar-refractivity contribution is 0.331. The first kappa shape index (κ1) is 16.5. The molecule has 1 unspecified atom stereocenters. The fourth-order valence-corrected chi connectivity index (χ4v) is 3.88. The summed E-state index contributed by atoms with van der Waals surface area (Å²) in [4.78, 5) is 1.37. The Hall–Kier alpha value is -0.840. The van der Waals surface area contributed by atoms with Gasteiger partial charge in [-0.05, 0) is 53.3 Å². The van der Waals surface area contributed by atoms with Crippen molar-refractivity contribution in [2.24, 2.45) is 0 Å². The number of ether oxygens (including phenoxy) is 1. The van der Waals surface area contributed by atoms with Gasteiger partial charge in [-0.2, -0.15) is 0 Å². The number of para-hydroxylation sites is 1. The molecule has 0 aliphatic carbocycles. The molecule has 2 rings (SSSR count). The second-order valence-corrected chi connectivity index (χ2v) is 6.73. The van der Waals surface area contributed by atoms with Gasteiger partial charge >= 0.3 is 0 Å². The first-order valence-electron chi connectivity index (χ1n) is 7.43. The first-order valence-corrected chi connectivity index (χ1v) is 9.10. The molecule has 0 radical (unpaired) electrons. The van der Waals surface area contributed by atoms with E-state index in [-0.39, 0.29) is 6.04 Å². The molecule has 1 aromatic carbocycles. The Bertz CT molecular complexity index is 555. The summed E-state index contributed by atoms with van der Waals surface area (Å²) < 4.78 is 7.00. The lowest BCUT2D eigenvalue weighted by Crippen LogP contribution is -2.24. The number of thiophene rings is 1. The Morgan fingerprint density at radius 2 is 2.05 bits per heavy atom. The third-order valence-electron chi connectivity index (χ3n) is 3.32. The topological polar surface area (TPSA) is 21.3 Å². The van der Waals surface area contributed by atoms with E-state index in [1.165, 1.54) is 14.9 Å². The van der Waals surface area contributed by atoms with Crippen LogP contribution in [0.3, 0.4) is 0 Å². The van der Waals surface area contributed by atoms with Crippen LogP contribution < -0.4 is 10.1 Å². The van der Waals surface area contributed by atoms with Crippen molar-refractivity contribution in [3.63, 3.8) is 0 Å². The van der Waals surface area contributed by atoms with Crippen molar-refractivity contribution in [1.82, 2.24) is 5.32 Å². The molecular weight excluding hydrogens is 346 g/mol. The van der Waals surface area contributed by atoms with E-state index in [1.54, 1.807) is 11.3 Å². The van der Waals surface area contributed by atoms with E-state index in [9.17, 15) is 0 Å². The SMILES string of the molecule is CCCNC(Cc1sccc1Br)c1ccccc1OCC. The fraction of sp³-hybridized carbons (Fsp3) is 0.412. The van der Waals surface area contributed by atoms with Gasteiger partial charge in [0.25, 0.3) is 0 Å². The quantitative estimate of drug-likeness (QED) is 0.692. The summed E-state index contributed by atoms with van der Waals surface area (Å²) in [6, 6.07) is 10.7. The zero-order chi connectivity index (χ0) is 15.1. The standard InChI is InChI=1S/C17H22BrNOS/c1-3-10-19-15(12-17-14(18)9-11-21-17)13-7-5-6-8-16(13)20-4-2/h5-9,11,15,19H,3-4,10,12H2,1-2H3. The van der Waals surface area contributed by atoms with Gasteiger partial charge in [-0.1, -0.05) is 25.1 Å². The van der Waals surface area contributed by atoms with Gasteiger partial charge in [-0.3, -0.25) is 0 Å². The maximum absolute atomic E-state index is 5.80. The summed E-state index contributed by atoms with van der Waals surface area (Å²) in [6.07, 6.45) is 2.10. The van der Waals surface area contributed by atoms with Gasteiger partial charge in [0.2, 0.25) is 0 Å². The van der Waals surface area contributed by atoms with Crippen molar-refractivity contribution >= 4 is 27.3 Å². The number of halogens is 1. The summed E-state index contributed by atoms with van der Waals surface area (Å²) in [5, 5.41) is 5.79. The van der Waals surface area contributed by atoms with Gasteiger partial charge in [-0.25, -0.2) is 0 Å². The summed E-state index contributed by atoms with van der Waals surface area (Å²) in [5.74, 6) is 0.987. The van der Waals surface area contributed by atoms with Crippen molar-refractivity contribution in [3.05, 3.63) is 50.6 Å². The van der Waals surface area contributed by atoms with E-state index in [4.69, 9.17) is 4.74 Å². The van der Waals surface area contributed by atoms with Crippen LogP contribution in [0.15, 0.2) is 40.2 Å². The number of hydrogen-bond donors (Lipinski definition) is 1. The van der Waals surface area contributed by atoms with Crippen LogP contribution >= 0.6 is 27.3 Å².